The predicted octanol–water partition coefficient (Wildman–Crippen LogP) is 1.60. The number of carbonyl (C=O) groups is 2. The Labute approximate surface area is 179 Å². The van der Waals surface area contributed by atoms with Gasteiger partial charge in [-0.05, 0) is 64.2 Å². The van der Waals surface area contributed by atoms with Gasteiger partial charge in [-0.1, -0.05) is 6.42 Å². The molecule has 0 spiro atoms. The molecule has 2 heterocycles. The maximum absolute atomic E-state index is 12.7. The monoisotopic (exact) mass is 436 g/mol. The summed E-state index contributed by atoms with van der Waals surface area (Å²) in [5.74, 6) is -0.574. The van der Waals surface area contributed by atoms with E-state index in [4.69, 9.17) is 0 Å². The zero-order valence-electron chi connectivity index (χ0n) is 17.8. The number of nitrogens with one attached hydrogen (secondary N) is 1. The Hall–Kier alpha value is -1.97. The second kappa shape index (κ2) is 9.89. The van der Waals surface area contributed by atoms with Crippen molar-refractivity contribution in [1.29, 1.82) is 0 Å². The molecule has 0 bridgehead atoms. The molecule has 0 aromatic heterocycles. The van der Waals surface area contributed by atoms with Crippen LogP contribution in [0.4, 0.5) is 5.69 Å². The molecule has 1 unspecified atom stereocenters. The Morgan fingerprint density at radius 2 is 1.80 bits per heavy atom. The number of amides is 2. The summed E-state index contributed by atoms with van der Waals surface area (Å²) in [5.41, 5.74) is 0.538. The standard InChI is InChI=1S/C21H32N4O4S/c1-23(2)11-6-12-24-16-17(15-20(24)26)21(27)22-18-7-9-19(10-8-18)30(28,29)25-13-4-3-5-14-25/h7-10,17H,3-6,11-16H2,1-2H3,(H,22,27). The van der Waals surface area contributed by atoms with Gasteiger partial charge in [0.15, 0.2) is 0 Å². The summed E-state index contributed by atoms with van der Waals surface area (Å²) in [6, 6.07) is 6.29. The number of benzene rings is 1. The molecule has 30 heavy (non-hydrogen) atoms. The number of sulfonamides is 1. The van der Waals surface area contributed by atoms with Crippen LogP contribution in [0.15, 0.2) is 29.2 Å². The molecule has 2 aliphatic heterocycles. The van der Waals surface area contributed by atoms with Crippen molar-refractivity contribution in [1.82, 2.24) is 14.1 Å². The van der Waals surface area contributed by atoms with Crippen LogP contribution in [0.25, 0.3) is 0 Å². The molecule has 1 aromatic rings. The minimum atomic E-state index is -3.49. The quantitative estimate of drug-likeness (QED) is 0.669. The molecule has 0 aliphatic carbocycles. The molecule has 2 fully saturated rings. The Balaban J connectivity index is 1.55. The molecule has 0 saturated carbocycles. The van der Waals surface area contributed by atoms with E-state index in [-0.39, 0.29) is 29.0 Å². The molecule has 8 nitrogen and oxygen atoms in total. The molecule has 1 atom stereocenters. The lowest BCUT2D eigenvalue weighted by Gasteiger charge is -2.25. The van der Waals surface area contributed by atoms with Crippen molar-refractivity contribution < 1.29 is 18.0 Å². The molecule has 3 rings (SSSR count). The van der Waals surface area contributed by atoms with Crippen LogP contribution >= 0.6 is 0 Å². The molecule has 1 N–H and O–H groups in total. The Kier molecular flexibility index (Phi) is 7.49. The van der Waals surface area contributed by atoms with Gasteiger partial charge in [0.25, 0.3) is 0 Å². The predicted molar refractivity (Wildman–Crippen MR) is 116 cm³/mol. The lowest BCUT2D eigenvalue weighted by atomic mass is 10.1. The second-order valence-corrected chi connectivity index (χ2v) is 10.3. The average molecular weight is 437 g/mol. The number of rotatable bonds is 8. The van der Waals surface area contributed by atoms with Gasteiger partial charge in [-0.15, -0.1) is 0 Å². The van der Waals surface area contributed by atoms with Gasteiger partial charge in [0.1, 0.15) is 0 Å². The molecule has 0 radical (unpaired) electrons. The fourth-order valence-electron chi connectivity index (χ4n) is 3.95. The maximum Gasteiger partial charge on any atom is 0.243 e. The third kappa shape index (κ3) is 5.59. The summed E-state index contributed by atoms with van der Waals surface area (Å²) >= 11 is 0. The first-order valence-corrected chi connectivity index (χ1v) is 12.0. The second-order valence-electron chi connectivity index (χ2n) is 8.38. The fraction of sp³-hybridized carbons (Fsp3) is 0.619. The maximum atomic E-state index is 12.7. The molecule has 2 amide bonds. The average Bonchev–Trinajstić information content (AvgIpc) is 3.09. The van der Waals surface area contributed by atoms with Gasteiger partial charge in [0.05, 0.1) is 10.8 Å². The van der Waals surface area contributed by atoms with Gasteiger partial charge < -0.3 is 15.1 Å². The first-order chi connectivity index (χ1) is 14.3. The van der Waals surface area contributed by atoms with Crippen LogP contribution in [-0.2, 0) is 19.6 Å². The SMILES string of the molecule is CN(C)CCCN1CC(C(=O)Nc2ccc(S(=O)(=O)N3CCCCC3)cc2)CC1=O. The van der Waals surface area contributed by atoms with E-state index in [1.165, 1.54) is 16.4 Å². The third-order valence-electron chi connectivity index (χ3n) is 5.69. The zero-order valence-corrected chi connectivity index (χ0v) is 18.7. The smallest absolute Gasteiger partial charge is 0.243 e. The summed E-state index contributed by atoms with van der Waals surface area (Å²) in [7, 11) is 0.496. The molecular weight excluding hydrogens is 404 g/mol. The van der Waals surface area contributed by atoms with Gasteiger partial charge in [-0.25, -0.2) is 8.42 Å². The number of hydrogen-bond acceptors (Lipinski definition) is 5. The highest BCUT2D eigenvalue weighted by Crippen LogP contribution is 2.23. The first-order valence-electron chi connectivity index (χ1n) is 10.6. The van der Waals surface area contributed by atoms with Crippen molar-refractivity contribution in [3.63, 3.8) is 0 Å². The van der Waals surface area contributed by atoms with E-state index >= 15 is 0 Å². The topological polar surface area (TPSA) is 90.0 Å². The van der Waals surface area contributed by atoms with Gasteiger partial charge in [-0.2, -0.15) is 4.31 Å². The summed E-state index contributed by atoms with van der Waals surface area (Å²) in [4.78, 5) is 28.8. The largest absolute Gasteiger partial charge is 0.342 e. The number of piperidine rings is 1. The Morgan fingerprint density at radius 1 is 1.13 bits per heavy atom. The third-order valence-corrected chi connectivity index (χ3v) is 7.61. The van der Waals surface area contributed by atoms with Crippen molar-refractivity contribution in [2.24, 2.45) is 5.92 Å². The van der Waals surface area contributed by atoms with Gasteiger partial charge >= 0.3 is 0 Å². The van der Waals surface area contributed by atoms with Crippen LogP contribution in [0.2, 0.25) is 0 Å². The highest BCUT2D eigenvalue weighted by molar-refractivity contribution is 7.89. The number of carbonyl (C=O) groups excluding carboxylic acids is 2. The summed E-state index contributed by atoms with van der Waals surface area (Å²) in [6.45, 7) is 3.10. The van der Waals surface area contributed by atoms with E-state index in [0.717, 1.165) is 32.2 Å². The van der Waals surface area contributed by atoms with Crippen LogP contribution in [0, 0.1) is 5.92 Å². The van der Waals surface area contributed by atoms with E-state index in [9.17, 15) is 18.0 Å². The Bertz CT molecular complexity index is 848. The fourth-order valence-corrected chi connectivity index (χ4v) is 5.47. The summed E-state index contributed by atoms with van der Waals surface area (Å²) < 4.78 is 27.0. The van der Waals surface area contributed by atoms with Crippen molar-refractivity contribution in [3.8, 4) is 0 Å². The highest BCUT2D eigenvalue weighted by atomic mass is 32.2. The number of hydrogen-bond donors (Lipinski definition) is 1. The van der Waals surface area contributed by atoms with Crippen molar-refractivity contribution >= 4 is 27.5 Å². The minimum absolute atomic E-state index is 0.0110. The normalized spacial score (nSPS) is 20.7. The van der Waals surface area contributed by atoms with E-state index in [2.05, 4.69) is 10.2 Å². The molecule has 9 heteroatoms. The van der Waals surface area contributed by atoms with E-state index < -0.39 is 10.0 Å². The van der Waals surface area contributed by atoms with Crippen molar-refractivity contribution in [2.45, 2.75) is 37.0 Å². The molecule has 2 saturated heterocycles. The van der Waals surface area contributed by atoms with Gasteiger partial charge in [0.2, 0.25) is 21.8 Å². The van der Waals surface area contributed by atoms with Crippen molar-refractivity contribution in [2.75, 3.05) is 52.1 Å². The molecule has 1 aromatic carbocycles. The number of anilines is 1. The van der Waals surface area contributed by atoms with Crippen LogP contribution in [0.1, 0.15) is 32.1 Å². The van der Waals surface area contributed by atoms with Gasteiger partial charge in [0, 0.05) is 38.3 Å². The van der Waals surface area contributed by atoms with Crippen LogP contribution in [0.5, 0.6) is 0 Å². The summed E-state index contributed by atoms with van der Waals surface area (Å²) in [5, 5.41) is 2.82. The Morgan fingerprint density at radius 3 is 2.43 bits per heavy atom. The van der Waals surface area contributed by atoms with Crippen molar-refractivity contribution in [3.05, 3.63) is 24.3 Å². The lowest BCUT2D eigenvalue weighted by molar-refractivity contribution is -0.128. The first kappa shape index (κ1) is 22.7. The van der Waals surface area contributed by atoms with Crippen LogP contribution < -0.4 is 5.32 Å². The minimum Gasteiger partial charge on any atom is -0.342 e. The van der Waals surface area contributed by atoms with E-state index in [0.29, 0.717) is 31.9 Å². The highest BCUT2D eigenvalue weighted by Gasteiger charge is 2.34. The lowest BCUT2D eigenvalue weighted by Crippen LogP contribution is -2.35. The molecule has 166 valence electrons. The number of likely N-dealkylation sites (tertiary alicyclic amines) is 1. The van der Waals surface area contributed by atoms with Gasteiger partial charge in [-0.3, -0.25) is 9.59 Å². The van der Waals surface area contributed by atoms with E-state index in [1.807, 2.05) is 14.1 Å². The van der Waals surface area contributed by atoms with Crippen LogP contribution in [-0.4, -0.2) is 81.2 Å². The zero-order chi connectivity index (χ0) is 21.7. The number of nitrogens with zero attached hydrogens (tertiary/aromatic N) is 3. The summed E-state index contributed by atoms with van der Waals surface area (Å²) in [6.07, 6.45) is 3.93. The molecular formula is C21H32N4O4S. The van der Waals surface area contributed by atoms with E-state index in [1.54, 1.807) is 17.0 Å². The molecule has 2 aliphatic rings. The van der Waals surface area contributed by atoms with Crippen LogP contribution in [0.3, 0.4) is 0 Å².